The van der Waals surface area contributed by atoms with Crippen molar-refractivity contribution < 1.29 is 15.0 Å². The predicted molar refractivity (Wildman–Crippen MR) is 58.5 cm³/mol. The lowest BCUT2D eigenvalue weighted by atomic mass is 10.2. The maximum atomic E-state index is 10.9. The van der Waals surface area contributed by atoms with Gasteiger partial charge >= 0.3 is 6.09 Å². The predicted octanol–water partition coefficient (Wildman–Crippen LogP) is 2.21. The number of carbonyl (C=O) groups is 1. The van der Waals surface area contributed by atoms with Gasteiger partial charge in [-0.3, -0.25) is 4.90 Å². The van der Waals surface area contributed by atoms with E-state index in [1.807, 2.05) is 0 Å². The topological polar surface area (TPSA) is 60.8 Å². The minimum absolute atomic E-state index is 0.000926. The Bertz CT molecular complexity index is 354. The summed E-state index contributed by atoms with van der Waals surface area (Å²) in [4.78, 5) is 12.0. The summed E-state index contributed by atoms with van der Waals surface area (Å²) in [5, 5.41) is 18.5. The molecule has 1 amide bonds. The Labute approximate surface area is 92.7 Å². The lowest BCUT2D eigenvalue weighted by molar-refractivity contribution is 0.180. The molecule has 0 saturated heterocycles. The van der Waals surface area contributed by atoms with E-state index in [2.05, 4.69) is 0 Å². The molecule has 0 unspecified atom stereocenters. The number of nitrogens with zero attached hydrogens (tertiary/aromatic N) is 1. The lowest BCUT2D eigenvalue weighted by Crippen LogP contribution is -2.35. The third-order valence-corrected chi connectivity index (χ3v) is 2.14. The fraction of sp³-hybridized carbons (Fsp3) is 0.300. The van der Waals surface area contributed by atoms with Crippen LogP contribution in [0.4, 0.5) is 10.5 Å². The normalized spacial score (nSPS) is 12.2. The third-order valence-electron chi connectivity index (χ3n) is 1.82. The SMILES string of the molecule is C[C@H](O)CN(C(=O)O)c1ccccc1Cl. The zero-order valence-corrected chi connectivity index (χ0v) is 8.98. The van der Waals surface area contributed by atoms with Crippen LogP contribution in [0.5, 0.6) is 0 Å². The summed E-state index contributed by atoms with van der Waals surface area (Å²) in [5.74, 6) is 0. The lowest BCUT2D eigenvalue weighted by Gasteiger charge is -2.21. The van der Waals surface area contributed by atoms with Crippen molar-refractivity contribution in [1.29, 1.82) is 0 Å². The summed E-state index contributed by atoms with van der Waals surface area (Å²) in [5.41, 5.74) is 0.382. The van der Waals surface area contributed by atoms with Crippen LogP contribution in [0, 0.1) is 0 Å². The van der Waals surface area contributed by atoms with Gasteiger partial charge in [0.25, 0.3) is 0 Å². The highest BCUT2D eigenvalue weighted by molar-refractivity contribution is 6.33. The van der Waals surface area contributed by atoms with E-state index in [0.29, 0.717) is 10.7 Å². The highest BCUT2D eigenvalue weighted by atomic mass is 35.5. The summed E-state index contributed by atoms with van der Waals surface area (Å²) in [6.45, 7) is 1.52. The van der Waals surface area contributed by atoms with E-state index in [-0.39, 0.29) is 6.54 Å². The molecule has 0 aliphatic carbocycles. The number of halogens is 1. The Hall–Kier alpha value is -1.26. The fourth-order valence-electron chi connectivity index (χ4n) is 1.21. The second-order valence-corrected chi connectivity index (χ2v) is 3.60. The Morgan fingerprint density at radius 1 is 1.53 bits per heavy atom. The first-order chi connectivity index (χ1) is 7.02. The van der Waals surface area contributed by atoms with E-state index in [1.165, 1.54) is 6.92 Å². The van der Waals surface area contributed by atoms with Gasteiger partial charge in [0.05, 0.1) is 23.4 Å². The van der Waals surface area contributed by atoms with Crippen molar-refractivity contribution >= 4 is 23.4 Å². The van der Waals surface area contributed by atoms with Crippen molar-refractivity contribution in [1.82, 2.24) is 0 Å². The number of anilines is 1. The molecule has 0 spiro atoms. The minimum Gasteiger partial charge on any atom is -0.465 e. The van der Waals surface area contributed by atoms with E-state index in [4.69, 9.17) is 16.7 Å². The molecule has 0 radical (unpaired) electrons. The van der Waals surface area contributed by atoms with Crippen LogP contribution in [0.25, 0.3) is 0 Å². The number of para-hydroxylation sites is 1. The van der Waals surface area contributed by atoms with E-state index >= 15 is 0 Å². The summed E-state index contributed by atoms with van der Waals surface area (Å²) >= 11 is 5.86. The van der Waals surface area contributed by atoms with Gasteiger partial charge in [0.1, 0.15) is 0 Å². The quantitative estimate of drug-likeness (QED) is 0.836. The molecule has 1 rings (SSSR count). The highest BCUT2D eigenvalue weighted by Gasteiger charge is 2.18. The molecule has 0 aliphatic heterocycles. The van der Waals surface area contributed by atoms with Crippen molar-refractivity contribution in [2.75, 3.05) is 11.4 Å². The van der Waals surface area contributed by atoms with Crippen molar-refractivity contribution in [3.63, 3.8) is 0 Å². The van der Waals surface area contributed by atoms with Crippen molar-refractivity contribution in [2.45, 2.75) is 13.0 Å². The summed E-state index contributed by atoms with van der Waals surface area (Å²) in [7, 11) is 0. The number of hydrogen-bond donors (Lipinski definition) is 2. The first kappa shape index (κ1) is 11.8. The van der Waals surface area contributed by atoms with Crippen LogP contribution in [0.3, 0.4) is 0 Å². The van der Waals surface area contributed by atoms with Gasteiger partial charge < -0.3 is 10.2 Å². The van der Waals surface area contributed by atoms with Gasteiger partial charge in [-0.05, 0) is 19.1 Å². The van der Waals surface area contributed by atoms with E-state index in [0.717, 1.165) is 4.90 Å². The molecule has 0 aliphatic rings. The largest absolute Gasteiger partial charge is 0.465 e. The molecule has 0 bridgehead atoms. The molecule has 1 aromatic carbocycles. The summed E-state index contributed by atoms with van der Waals surface area (Å²) in [6.07, 6.45) is -1.87. The van der Waals surface area contributed by atoms with Crippen molar-refractivity contribution in [3.05, 3.63) is 29.3 Å². The molecule has 5 heteroatoms. The Kier molecular flexibility index (Phi) is 3.94. The second-order valence-electron chi connectivity index (χ2n) is 3.19. The van der Waals surface area contributed by atoms with Crippen molar-refractivity contribution in [2.24, 2.45) is 0 Å². The molecule has 0 heterocycles. The number of carboxylic acid groups (broad SMARTS) is 1. The van der Waals surface area contributed by atoms with Crippen LogP contribution in [0.1, 0.15) is 6.92 Å². The fourth-order valence-corrected chi connectivity index (χ4v) is 1.45. The summed E-state index contributed by atoms with van der Waals surface area (Å²) in [6, 6.07) is 6.61. The molecule has 0 fully saturated rings. The van der Waals surface area contributed by atoms with Gasteiger partial charge in [0, 0.05) is 0 Å². The van der Waals surface area contributed by atoms with Gasteiger partial charge in [-0.2, -0.15) is 0 Å². The summed E-state index contributed by atoms with van der Waals surface area (Å²) < 4.78 is 0. The number of aliphatic hydroxyl groups is 1. The van der Waals surface area contributed by atoms with Gasteiger partial charge in [0.2, 0.25) is 0 Å². The number of hydrogen-bond acceptors (Lipinski definition) is 2. The first-order valence-electron chi connectivity index (χ1n) is 4.45. The third kappa shape index (κ3) is 3.11. The van der Waals surface area contributed by atoms with Gasteiger partial charge in [-0.25, -0.2) is 4.79 Å². The van der Waals surface area contributed by atoms with Crippen LogP contribution in [-0.2, 0) is 0 Å². The zero-order chi connectivity index (χ0) is 11.4. The zero-order valence-electron chi connectivity index (χ0n) is 8.22. The van der Waals surface area contributed by atoms with E-state index < -0.39 is 12.2 Å². The molecule has 4 nitrogen and oxygen atoms in total. The van der Waals surface area contributed by atoms with Gasteiger partial charge in [-0.15, -0.1) is 0 Å². The maximum absolute atomic E-state index is 10.9. The van der Waals surface area contributed by atoms with Crippen LogP contribution >= 0.6 is 11.6 Å². The van der Waals surface area contributed by atoms with Crippen LogP contribution in [0.15, 0.2) is 24.3 Å². The van der Waals surface area contributed by atoms with Crippen LogP contribution in [-0.4, -0.2) is 29.0 Å². The van der Waals surface area contributed by atoms with E-state index in [1.54, 1.807) is 24.3 Å². The number of benzene rings is 1. The minimum atomic E-state index is -1.14. The Balaban J connectivity index is 2.99. The molecule has 2 N–H and O–H groups in total. The van der Waals surface area contributed by atoms with Crippen molar-refractivity contribution in [3.8, 4) is 0 Å². The molecule has 0 saturated carbocycles. The first-order valence-corrected chi connectivity index (χ1v) is 4.83. The van der Waals surface area contributed by atoms with Crippen LogP contribution < -0.4 is 4.90 Å². The Morgan fingerprint density at radius 2 is 2.13 bits per heavy atom. The number of amides is 1. The Morgan fingerprint density at radius 3 is 2.60 bits per heavy atom. The molecule has 15 heavy (non-hydrogen) atoms. The van der Waals surface area contributed by atoms with Gasteiger partial charge in [0.15, 0.2) is 0 Å². The van der Waals surface area contributed by atoms with Crippen LogP contribution in [0.2, 0.25) is 5.02 Å². The standard InChI is InChI=1S/C10H12ClNO3/c1-7(13)6-12(10(14)15)9-5-3-2-4-8(9)11/h2-5,7,13H,6H2,1H3,(H,14,15)/t7-/m0/s1. The molecule has 82 valence electrons. The average molecular weight is 230 g/mol. The maximum Gasteiger partial charge on any atom is 0.411 e. The average Bonchev–Trinajstić information content (AvgIpc) is 2.15. The highest BCUT2D eigenvalue weighted by Crippen LogP contribution is 2.25. The molecule has 1 aromatic rings. The van der Waals surface area contributed by atoms with Gasteiger partial charge in [-0.1, -0.05) is 23.7 Å². The molecule has 0 aromatic heterocycles. The molecular formula is C10H12ClNO3. The number of rotatable bonds is 3. The monoisotopic (exact) mass is 229 g/mol. The van der Waals surface area contributed by atoms with E-state index in [9.17, 15) is 9.90 Å². The number of aliphatic hydroxyl groups excluding tert-OH is 1. The molecular weight excluding hydrogens is 218 g/mol. The second kappa shape index (κ2) is 5.00. The molecule has 1 atom stereocenters. The smallest absolute Gasteiger partial charge is 0.411 e.